The third kappa shape index (κ3) is 4.26. The molecule has 2 aromatic heterocycles. The minimum atomic E-state index is -0.705. The molecule has 2 N–H and O–H groups in total. The molecular formula is C25H15F2N5O2. The fraction of sp³-hybridized carbons (Fsp3) is 0. The van der Waals surface area contributed by atoms with Gasteiger partial charge in [-0.15, -0.1) is 0 Å². The van der Waals surface area contributed by atoms with Crippen molar-refractivity contribution in [3.63, 3.8) is 0 Å². The topological polar surface area (TPSA) is 101 Å². The number of amides is 1. The highest BCUT2D eigenvalue weighted by Crippen LogP contribution is 2.22. The van der Waals surface area contributed by atoms with Crippen molar-refractivity contribution in [1.82, 2.24) is 20.2 Å². The van der Waals surface area contributed by atoms with Gasteiger partial charge in [0.05, 0.1) is 29.1 Å². The summed E-state index contributed by atoms with van der Waals surface area (Å²) in [5.41, 5.74) is 2.85. The van der Waals surface area contributed by atoms with Crippen molar-refractivity contribution >= 4 is 28.4 Å². The van der Waals surface area contributed by atoms with Crippen molar-refractivity contribution in [3.8, 4) is 11.3 Å². The van der Waals surface area contributed by atoms with Gasteiger partial charge in [0.15, 0.2) is 5.78 Å². The molecule has 5 aromatic rings. The van der Waals surface area contributed by atoms with Gasteiger partial charge in [0, 0.05) is 34.1 Å². The molecule has 0 radical (unpaired) electrons. The number of benzene rings is 3. The van der Waals surface area contributed by atoms with Gasteiger partial charge in [-0.05, 0) is 54.6 Å². The molecule has 34 heavy (non-hydrogen) atoms. The fourth-order valence-electron chi connectivity index (χ4n) is 3.48. The number of nitrogens with one attached hydrogen (secondary N) is 2. The zero-order chi connectivity index (χ0) is 23.7. The molecular weight excluding hydrogens is 440 g/mol. The lowest BCUT2D eigenvalue weighted by Gasteiger charge is -2.09. The van der Waals surface area contributed by atoms with E-state index in [1.54, 1.807) is 36.8 Å². The zero-order valence-electron chi connectivity index (χ0n) is 17.4. The predicted molar refractivity (Wildman–Crippen MR) is 121 cm³/mol. The molecule has 0 aliphatic rings. The van der Waals surface area contributed by atoms with Gasteiger partial charge in [-0.2, -0.15) is 5.10 Å². The second kappa shape index (κ2) is 8.62. The number of hydrogen-bond donors (Lipinski definition) is 2. The molecule has 0 atom stereocenters. The van der Waals surface area contributed by atoms with Gasteiger partial charge in [0.2, 0.25) is 0 Å². The van der Waals surface area contributed by atoms with Crippen LogP contribution >= 0.6 is 0 Å². The number of carbonyl (C=O) groups excluding carboxylic acids is 2. The van der Waals surface area contributed by atoms with Gasteiger partial charge in [-0.25, -0.2) is 13.8 Å². The normalized spacial score (nSPS) is 10.9. The maximum atomic E-state index is 14.3. The van der Waals surface area contributed by atoms with Crippen molar-refractivity contribution in [2.24, 2.45) is 0 Å². The van der Waals surface area contributed by atoms with Gasteiger partial charge in [-0.1, -0.05) is 6.07 Å². The number of anilines is 1. The van der Waals surface area contributed by atoms with Crippen molar-refractivity contribution in [1.29, 1.82) is 0 Å². The second-order valence-electron chi connectivity index (χ2n) is 7.47. The molecule has 1 amide bonds. The Morgan fingerprint density at radius 2 is 1.68 bits per heavy atom. The molecule has 0 spiro atoms. The molecule has 0 saturated carbocycles. The van der Waals surface area contributed by atoms with E-state index in [1.165, 1.54) is 24.3 Å². The molecule has 2 heterocycles. The van der Waals surface area contributed by atoms with E-state index < -0.39 is 23.3 Å². The maximum absolute atomic E-state index is 14.3. The smallest absolute Gasteiger partial charge is 0.255 e. The summed E-state index contributed by atoms with van der Waals surface area (Å²) in [6.07, 6.45) is 4.89. The highest BCUT2D eigenvalue weighted by Gasteiger charge is 2.15. The number of rotatable bonds is 5. The summed E-state index contributed by atoms with van der Waals surface area (Å²) in [5.74, 6) is -2.37. The Balaban J connectivity index is 1.45. The van der Waals surface area contributed by atoms with E-state index >= 15 is 0 Å². The molecule has 9 heteroatoms. The molecule has 0 unspecified atom stereocenters. The third-order valence-electron chi connectivity index (χ3n) is 5.10. The van der Waals surface area contributed by atoms with Gasteiger partial charge in [0.1, 0.15) is 11.6 Å². The van der Waals surface area contributed by atoms with Crippen LogP contribution in [-0.2, 0) is 0 Å². The minimum absolute atomic E-state index is 0.0350. The van der Waals surface area contributed by atoms with Gasteiger partial charge < -0.3 is 5.32 Å². The summed E-state index contributed by atoms with van der Waals surface area (Å²) in [4.78, 5) is 34.4. The van der Waals surface area contributed by atoms with Crippen molar-refractivity contribution in [3.05, 3.63) is 108 Å². The number of fused-ring (bicyclic) bond motifs is 1. The Morgan fingerprint density at radius 3 is 2.47 bits per heavy atom. The SMILES string of the molecule is O=C(Nc1cc(F)cc(C(=O)c2ccc3ncc(-c4cn[nH]c4)nc3c2)c1)c1cccc(F)c1. The average Bonchev–Trinajstić information content (AvgIpc) is 3.37. The van der Waals surface area contributed by atoms with E-state index in [0.717, 1.165) is 23.8 Å². The second-order valence-corrected chi connectivity index (χ2v) is 7.47. The minimum Gasteiger partial charge on any atom is -0.322 e. The standard InChI is InChI=1S/C25H15F2N5O2/c26-18-3-1-2-15(6-18)25(34)31-20-8-16(7-19(27)10-20)24(33)14-4-5-21-22(9-14)32-23(13-28-21)17-11-29-30-12-17/h1-13H,(H,29,30)(H,31,34). The van der Waals surface area contributed by atoms with E-state index in [0.29, 0.717) is 16.7 Å². The number of ketones is 1. The van der Waals surface area contributed by atoms with Crippen LogP contribution in [0.3, 0.4) is 0 Å². The first-order chi connectivity index (χ1) is 16.5. The van der Waals surface area contributed by atoms with Crippen LogP contribution in [0.4, 0.5) is 14.5 Å². The van der Waals surface area contributed by atoms with Crippen LogP contribution in [0.15, 0.2) is 79.3 Å². The van der Waals surface area contributed by atoms with Crippen LogP contribution < -0.4 is 5.32 Å². The van der Waals surface area contributed by atoms with Crippen molar-refractivity contribution < 1.29 is 18.4 Å². The monoisotopic (exact) mass is 455 g/mol. The maximum Gasteiger partial charge on any atom is 0.255 e. The molecule has 7 nitrogen and oxygen atoms in total. The Bertz CT molecular complexity index is 1550. The molecule has 0 fully saturated rings. The van der Waals surface area contributed by atoms with Crippen molar-refractivity contribution in [2.75, 3.05) is 5.32 Å². The lowest BCUT2D eigenvalue weighted by Crippen LogP contribution is -2.13. The third-order valence-corrected chi connectivity index (χ3v) is 5.10. The van der Waals surface area contributed by atoms with Crippen LogP contribution in [-0.4, -0.2) is 31.9 Å². The number of aromatic amines is 1. The van der Waals surface area contributed by atoms with Crippen LogP contribution in [0.5, 0.6) is 0 Å². The summed E-state index contributed by atoms with van der Waals surface area (Å²) in [7, 11) is 0. The fourth-order valence-corrected chi connectivity index (χ4v) is 3.48. The lowest BCUT2D eigenvalue weighted by atomic mass is 10.0. The largest absolute Gasteiger partial charge is 0.322 e. The number of hydrogen-bond acceptors (Lipinski definition) is 5. The first-order valence-corrected chi connectivity index (χ1v) is 10.1. The van der Waals surface area contributed by atoms with Gasteiger partial charge in [-0.3, -0.25) is 19.7 Å². The van der Waals surface area contributed by atoms with Gasteiger partial charge >= 0.3 is 0 Å². The van der Waals surface area contributed by atoms with E-state index in [4.69, 9.17) is 0 Å². The van der Waals surface area contributed by atoms with E-state index in [1.807, 2.05) is 0 Å². The Labute approximate surface area is 191 Å². The Morgan fingerprint density at radius 1 is 0.824 bits per heavy atom. The summed E-state index contributed by atoms with van der Waals surface area (Å²) in [6.45, 7) is 0. The highest BCUT2D eigenvalue weighted by atomic mass is 19.1. The number of aromatic nitrogens is 4. The number of nitrogens with zero attached hydrogens (tertiary/aromatic N) is 3. The van der Waals surface area contributed by atoms with E-state index in [-0.39, 0.29) is 22.4 Å². The molecule has 5 rings (SSSR count). The Hall–Kier alpha value is -4.79. The molecule has 0 aliphatic heterocycles. The number of halogens is 2. The molecule has 0 saturated heterocycles. The molecule has 0 bridgehead atoms. The predicted octanol–water partition coefficient (Wildman–Crippen LogP) is 4.78. The first kappa shape index (κ1) is 21.1. The average molecular weight is 455 g/mol. The Kier molecular flexibility index (Phi) is 5.35. The summed E-state index contributed by atoms with van der Waals surface area (Å²) >= 11 is 0. The summed E-state index contributed by atoms with van der Waals surface area (Å²) in [5, 5.41) is 9.10. The number of carbonyl (C=O) groups is 2. The van der Waals surface area contributed by atoms with E-state index in [9.17, 15) is 18.4 Å². The molecule has 166 valence electrons. The van der Waals surface area contributed by atoms with Gasteiger partial charge in [0.25, 0.3) is 5.91 Å². The van der Waals surface area contributed by atoms with Crippen LogP contribution in [0, 0.1) is 11.6 Å². The van der Waals surface area contributed by atoms with E-state index in [2.05, 4.69) is 25.5 Å². The van der Waals surface area contributed by atoms with Crippen LogP contribution in [0.25, 0.3) is 22.3 Å². The summed E-state index contributed by atoms with van der Waals surface area (Å²) in [6, 6.07) is 13.4. The quantitative estimate of drug-likeness (QED) is 0.372. The first-order valence-electron chi connectivity index (χ1n) is 10.1. The number of H-pyrrole nitrogens is 1. The van der Waals surface area contributed by atoms with Crippen LogP contribution in [0.2, 0.25) is 0 Å². The molecule has 0 aliphatic carbocycles. The van der Waals surface area contributed by atoms with Crippen LogP contribution in [0.1, 0.15) is 26.3 Å². The van der Waals surface area contributed by atoms with Crippen molar-refractivity contribution in [2.45, 2.75) is 0 Å². The summed E-state index contributed by atoms with van der Waals surface area (Å²) < 4.78 is 27.7. The molecule has 3 aromatic carbocycles. The lowest BCUT2D eigenvalue weighted by molar-refractivity contribution is 0.102. The highest BCUT2D eigenvalue weighted by molar-refractivity contribution is 6.11. The zero-order valence-corrected chi connectivity index (χ0v) is 17.4.